The van der Waals surface area contributed by atoms with E-state index in [0.29, 0.717) is 37.9 Å². The lowest BCUT2D eigenvalue weighted by molar-refractivity contribution is 0.0846. The lowest BCUT2D eigenvalue weighted by atomic mass is 10.1. The second-order valence-electron chi connectivity index (χ2n) is 8.34. The van der Waals surface area contributed by atoms with Crippen molar-refractivity contribution in [1.29, 1.82) is 0 Å². The first-order chi connectivity index (χ1) is 17.0. The van der Waals surface area contributed by atoms with E-state index in [0.717, 1.165) is 22.4 Å². The summed E-state index contributed by atoms with van der Waals surface area (Å²) in [5, 5.41) is 15.7. The van der Waals surface area contributed by atoms with Gasteiger partial charge in [-0.1, -0.05) is 66.7 Å². The first kappa shape index (κ1) is 24.6. The molecule has 3 aromatic carbocycles. The fraction of sp³-hybridized carbons (Fsp3) is 0.250. The maximum atomic E-state index is 13.8. The first-order valence-corrected chi connectivity index (χ1v) is 11.5. The predicted octanol–water partition coefficient (Wildman–Crippen LogP) is 5.20. The van der Waals surface area contributed by atoms with E-state index in [1.54, 1.807) is 23.9 Å². The van der Waals surface area contributed by atoms with Gasteiger partial charge in [0, 0.05) is 45.4 Å². The van der Waals surface area contributed by atoms with Gasteiger partial charge in [0.15, 0.2) is 0 Å². The summed E-state index contributed by atoms with van der Waals surface area (Å²) in [6.07, 6.45) is -0.669. The monoisotopic (exact) mass is 475 g/mol. The normalized spacial score (nSPS) is 12.1. The Bertz CT molecular complexity index is 1210. The Labute approximate surface area is 205 Å². The van der Waals surface area contributed by atoms with Crippen molar-refractivity contribution in [1.82, 2.24) is 14.7 Å². The molecule has 4 rings (SSSR count). The van der Waals surface area contributed by atoms with Crippen LogP contribution in [-0.2, 0) is 18.3 Å². The van der Waals surface area contributed by atoms with E-state index >= 15 is 0 Å². The smallest absolute Gasteiger partial charge is 0.222 e. The van der Waals surface area contributed by atoms with E-state index in [4.69, 9.17) is 14.6 Å². The van der Waals surface area contributed by atoms with Crippen LogP contribution in [0.25, 0.3) is 11.3 Å². The largest absolute Gasteiger partial charge is 0.439 e. The summed E-state index contributed by atoms with van der Waals surface area (Å²) >= 11 is 0. The topological polar surface area (TPSA) is 59.8 Å². The Kier molecular flexibility index (Phi) is 8.26. The number of hydrogen-bond acceptors (Lipinski definition) is 5. The highest BCUT2D eigenvalue weighted by atomic mass is 19.1. The van der Waals surface area contributed by atoms with Crippen LogP contribution in [0.2, 0.25) is 0 Å². The molecule has 1 unspecified atom stereocenters. The molecule has 182 valence electrons. The lowest BCUT2D eigenvalue weighted by Gasteiger charge is -2.25. The highest BCUT2D eigenvalue weighted by Gasteiger charge is 2.24. The lowest BCUT2D eigenvalue weighted by Crippen LogP contribution is -2.31. The zero-order chi connectivity index (χ0) is 24.6. The highest BCUT2D eigenvalue weighted by Crippen LogP contribution is 2.34. The van der Waals surface area contributed by atoms with E-state index < -0.39 is 6.10 Å². The molecule has 6 nitrogen and oxygen atoms in total. The molecular formula is C28H30FN3O3. The number of hydrogen-bond donors (Lipinski definition) is 1. The number of benzene rings is 3. The summed E-state index contributed by atoms with van der Waals surface area (Å²) in [5.41, 5.74) is 3.42. The third-order valence-electron chi connectivity index (χ3n) is 5.75. The van der Waals surface area contributed by atoms with E-state index in [1.807, 2.05) is 67.7 Å². The van der Waals surface area contributed by atoms with Gasteiger partial charge in [0.2, 0.25) is 5.88 Å². The number of aliphatic hydroxyl groups excluding tert-OH is 1. The zero-order valence-corrected chi connectivity index (χ0v) is 20.0. The Balaban J connectivity index is 1.69. The van der Waals surface area contributed by atoms with Crippen LogP contribution in [0.1, 0.15) is 17.2 Å². The summed E-state index contributed by atoms with van der Waals surface area (Å²) in [6.45, 7) is 1.96. The van der Waals surface area contributed by atoms with Crippen LogP contribution < -0.4 is 4.74 Å². The van der Waals surface area contributed by atoms with Crippen molar-refractivity contribution in [2.45, 2.75) is 12.6 Å². The minimum atomic E-state index is -0.669. The SMILES string of the molecule is COCCN(Cc1c(-c2ccccc2)nn(C)c1Oc1cccc(F)c1)CC(O)c1ccccc1. The van der Waals surface area contributed by atoms with E-state index in [1.165, 1.54) is 12.1 Å². The molecule has 0 bridgehead atoms. The minimum Gasteiger partial charge on any atom is -0.439 e. The van der Waals surface area contributed by atoms with Gasteiger partial charge < -0.3 is 14.6 Å². The minimum absolute atomic E-state index is 0.373. The summed E-state index contributed by atoms with van der Waals surface area (Å²) in [7, 11) is 3.46. The molecule has 1 heterocycles. The van der Waals surface area contributed by atoms with E-state index in [-0.39, 0.29) is 5.82 Å². The Morgan fingerprint density at radius 2 is 1.71 bits per heavy atom. The molecule has 4 aromatic rings. The maximum absolute atomic E-state index is 13.8. The van der Waals surface area contributed by atoms with Crippen LogP contribution in [0.3, 0.4) is 0 Å². The van der Waals surface area contributed by atoms with Gasteiger partial charge in [0.25, 0.3) is 0 Å². The number of aryl methyl sites for hydroxylation is 1. The van der Waals surface area contributed by atoms with Crippen molar-refractivity contribution in [3.63, 3.8) is 0 Å². The molecule has 1 atom stereocenters. The molecule has 0 amide bonds. The maximum Gasteiger partial charge on any atom is 0.222 e. The average molecular weight is 476 g/mol. The molecule has 0 spiro atoms. The quantitative estimate of drug-likeness (QED) is 0.323. The second kappa shape index (κ2) is 11.8. The second-order valence-corrected chi connectivity index (χ2v) is 8.34. The third kappa shape index (κ3) is 6.33. The molecule has 0 radical (unpaired) electrons. The molecule has 35 heavy (non-hydrogen) atoms. The predicted molar refractivity (Wildman–Crippen MR) is 134 cm³/mol. The van der Waals surface area contributed by atoms with Crippen molar-refractivity contribution in [2.24, 2.45) is 7.05 Å². The highest BCUT2D eigenvalue weighted by molar-refractivity contribution is 5.65. The number of rotatable bonds is 11. The van der Waals surface area contributed by atoms with Crippen molar-refractivity contribution < 1.29 is 19.0 Å². The Morgan fingerprint density at radius 1 is 1.00 bits per heavy atom. The van der Waals surface area contributed by atoms with Gasteiger partial charge in [-0.05, 0) is 17.7 Å². The molecule has 1 aromatic heterocycles. The molecule has 1 N–H and O–H groups in total. The molecule has 0 saturated carbocycles. The van der Waals surface area contributed by atoms with Crippen molar-refractivity contribution >= 4 is 0 Å². The van der Waals surface area contributed by atoms with Gasteiger partial charge in [0.1, 0.15) is 17.3 Å². The van der Waals surface area contributed by atoms with Gasteiger partial charge in [-0.25, -0.2) is 9.07 Å². The molecule has 7 heteroatoms. The molecule has 0 fully saturated rings. The number of aromatic nitrogens is 2. The molecular weight excluding hydrogens is 445 g/mol. The van der Waals surface area contributed by atoms with Crippen LogP contribution in [-0.4, -0.2) is 46.6 Å². The van der Waals surface area contributed by atoms with Gasteiger partial charge in [0.05, 0.1) is 18.3 Å². The van der Waals surface area contributed by atoms with Gasteiger partial charge in [-0.3, -0.25) is 4.90 Å². The number of nitrogens with zero attached hydrogens (tertiary/aromatic N) is 3. The Morgan fingerprint density at radius 3 is 2.40 bits per heavy atom. The number of aliphatic hydroxyl groups is 1. The van der Waals surface area contributed by atoms with Crippen molar-refractivity contribution in [3.05, 3.63) is 102 Å². The molecule has 0 aliphatic carbocycles. The summed E-state index contributed by atoms with van der Waals surface area (Å²) in [6, 6.07) is 25.5. The van der Waals surface area contributed by atoms with Gasteiger partial charge >= 0.3 is 0 Å². The number of ether oxygens (including phenoxy) is 2. The average Bonchev–Trinajstić information content (AvgIpc) is 3.18. The van der Waals surface area contributed by atoms with Gasteiger partial charge in [-0.2, -0.15) is 5.10 Å². The van der Waals surface area contributed by atoms with Crippen LogP contribution in [0.4, 0.5) is 4.39 Å². The number of methoxy groups -OCH3 is 1. The summed E-state index contributed by atoms with van der Waals surface area (Å²) in [4.78, 5) is 2.11. The molecule has 0 aliphatic rings. The first-order valence-electron chi connectivity index (χ1n) is 11.5. The fourth-order valence-electron chi connectivity index (χ4n) is 4.00. The summed E-state index contributed by atoms with van der Waals surface area (Å²) < 4.78 is 27.0. The molecule has 0 aliphatic heterocycles. The standard InChI is InChI=1S/C28H30FN3O3/c1-31-28(35-24-15-9-14-23(29)18-24)25(27(30-31)22-12-7-4-8-13-22)19-32(16-17-34-2)20-26(33)21-10-5-3-6-11-21/h3-15,18,26,33H,16-17,19-20H2,1-2H3. The Hall–Kier alpha value is -3.52. The van der Waals surface area contributed by atoms with Crippen LogP contribution >= 0.6 is 0 Å². The van der Waals surface area contributed by atoms with E-state index in [2.05, 4.69) is 4.90 Å². The van der Waals surface area contributed by atoms with E-state index in [9.17, 15) is 9.50 Å². The van der Waals surface area contributed by atoms with Crippen molar-refractivity contribution in [2.75, 3.05) is 26.8 Å². The van der Waals surface area contributed by atoms with Crippen molar-refractivity contribution in [3.8, 4) is 22.9 Å². The van der Waals surface area contributed by atoms with Crippen LogP contribution in [0.15, 0.2) is 84.9 Å². The van der Waals surface area contributed by atoms with Gasteiger partial charge in [-0.15, -0.1) is 0 Å². The number of halogens is 1. The molecule has 0 saturated heterocycles. The summed E-state index contributed by atoms with van der Waals surface area (Å²) in [5.74, 6) is 0.537. The fourth-order valence-corrected chi connectivity index (χ4v) is 4.00. The zero-order valence-electron chi connectivity index (χ0n) is 20.0. The third-order valence-corrected chi connectivity index (χ3v) is 5.75. The van der Waals surface area contributed by atoms with Crippen LogP contribution in [0.5, 0.6) is 11.6 Å². The van der Waals surface area contributed by atoms with Crippen LogP contribution in [0, 0.1) is 5.82 Å².